The molecule has 1 aliphatic heterocycles. The lowest BCUT2D eigenvalue weighted by molar-refractivity contribution is 0.481. The van der Waals surface area contributed by atoms with Gasteiger partial charge in [-0.3, -0.25) is 9.47 Å². The summed E-state index contributed by atoms with van der Waals surface area (Å²) in [6.07, 6.45) is 7.96. The molecular formula is C63H45N3O. The lowest BCUT2D eigenvalue weighted by atomic mass is 9.93. The van der Waals surface area contributed by atoms with Crippen molar-refractivity contribution in [2.45, 2.75) is 13.3 Å². The Balaban J connectivity index is 1.04. The van der Waals surface area contributed by atoms with Gasteiger partial charge in [0.05, 0.1) is 11.2 Å². The number of fused-ring (bicyclic) bond motifs is 10. The summed E-state index contributed by atoms with van der Waals surface area (Å²) in [6.45, 7) is 2.29. The van der Waals surface area contributed by atoms with E-state index < -0.39 is 0 Å². The molecule has 0 amide bonds. The van der Waals surface area contributed by atoms with Gasteiger partial charge in [-0.05, 0) is 152 Å². The van der Waals surface area contributed by atoms with E-state index in [2.05, 4.69) is 258 Å². The van der Waals surface area contributed by atoms with Gasteiger partial charge in [0.1, 0.15) is 0 Å². The monoisotopic (exact) mass is 859 g/mol. The van der Waals surface area contributed by atoms with Gasteiger partial charge in [0, 0.05) is 33.8 Å². The van der Waals surface area contributed by atoms with Crippen molar-refractivity contribution >= 4 is 83.2 Å². The summed E-state index contributed by atoms with van der Waals surface area (Å²) in [4.78, 5) is 4.81. The fourth-order valence-corrected chi connectivity index (χ4v) is 10.5. The van der Waals surface area contributed by atoms with E-state index in [-0.39, 0.29) is 0 Å². The van der Waals surface area contributed by atoms with Crippen molar-refractivity contribution in [2.24, 2.45) is 5.92 Å². The highest BCUT2D eigenvalue weighted by Gasteiger charge is 2.33. The summed E-state index contributed by atoms with van der Waals surface area (Å²) >= 11 is 0. The first kappa shape index (κ1) is 38.8. The van der Waals surface area contributed by atoms with Gasteiger partial charge in [0.25, 0.3) is 0 Å². The molecular weight excluding hydrogens is 815 g/mol. The number of rotatable bonds is 7. The third kappa shape index (κ3) is 6.52. The highest BCUT2D eigenvalue weighted by atomic mass is 16.5. The van der Waals surface area contributed by atoms with Crippen LogP contribution in [-0.4, -0.2) is 4.57 Å². The van der Waals surface area contributed by atoms with Crippen molar-refractivity contribution in [2.75, 3.05) is 9.80 Å². The molecule has 1 unspecified atom stereocenters. The molecule has 0 bridgehead atoms. The number of anilines is 6. The topological polar surface area (TPSA) is 20.6 Å². The number of hydrogen-bond donors (Lipinski definition) is 0. The molecule has 0 saturated carbocycles. The molecule has 0 spiro atoms. The molecule has 11 aromatic rings. The number of nitrogens with zero attached hydrogens (tertiary/aromatic N) is 3. The normalized spacial score (nSPS) is 14.3. The summed E-state index contributed by atoms with van der Waals surface area (Å²) in [6, 6.07) is 79.2. The summed E-state index contributed by atoms with van der Waals surface area (Å²) in [5.41, 5.74) is 12.1. The zero-order valence-corrected chi connectivity index (χ0v) is 37.1. The summed E-state index contributed by atoms with van der Waals surface area (Å²) in [5.74, 6) is 3.09. The van der Waals surface area contributed by atoms with Crippen LogP contribution >= 0.6 is 0 Å². The van der Waals surface area contributed by atoms with Crippen LogP contribution < -0.4 is 14.5 Å². The van der Waals surface area contributed by atoms with Crippen LogP contribution in [0.3, 0.4) is 0 Å². The maximum absolute atomic E-state index is 6.88. The van der Waals surface area contributed by atoms with Gasteiger partial charge in [-0.25, -0.2) is 0 Å². The summed E-state index contributed by atoms with van der Waals surface area (Å²) in [5, 5.41) is 8.57. The molecule has 4 nitrogen and oxygen atoms in total. The van der Waals surface area contributed by atoms with Crippen LogP contribution in [0.1, 0.15) is 13.3 Å². The Morgan fingerprint density at radius 2 is 1.01 bits per heavy atom. The van der Waals surface area contributed by atoms with Crippen LogP contribution in [0.2, 0.25) is 0 Å². The van der Waals surface area contributed by atoms with Gasteiger partial charge >= 0.3 is 0 Å². The minimum absolute atomic E-state index is 0.418. The van der Waals surface area contributed by atoms with Crippen LogP contribution in [0.4, 0.5) is 34.3 Å². The fourth-order valence-electron chi connectivity index (χ4n) is 10.5. The van der Waals surface area contributed by atoms with Crippen LogP contribution in [0.5, 0.6) is 11.5 Å². The van der Waals surface area contributed by atoms with E-state index in [0.29, 0.717) is 5.92 Å². The Morgan fingerprint density at radius 1 is 0.463 bits per heavy atom. The van der Waals surface area contributed by atoms with Gasteiger partial charge in [-0.1, -0.05) is 159 Å². The van der Waals surface area contributed by atoms with E-state index in [1.165, 1.54) is 43.4 Å². The molecule has 0 N–H and O–H groups in total. The number of hydrogen-bond acceptors (Lipinski definition) is 3. The van der Waals surface area contributed by atoms with E-state index in [1.54, 1.807) is 0 Å². The molecule has 0 radical (unpaired) electrons. The first-order chi connectivity index (χ1) is 33.1. The molecule has 4 heteroatoms. The largest absolute Gasteiger partial charge is 0.451 e. The van der Waals surface area contributed by atoms with Gasteiger partial charge in [0.15, 0.2) is 17.3 Å². The molecule has 1 atom stereocenters. The molecule has 318 valence electrons. The van der Waals surface area contributed by atoms with Crippen molar-refractivity contribution in [3.8, 4) is 33.8 Å². The third-order valence-electron chi connectivity index (χ3n) is 13.6. The minimum Gasteiger partial charge on any atom is -0.451 e. The first-order valence-corrected chi connectivity index (χ1v) is 23.2. The molecule has 10 aromatic carbocycles. The minimum atomic E-state index is 0.418. The van der Waals surface area contributed by atoms with Gasteiger partial charge in [-0.15, -0.1) is 0 Å². The first-order valence-electron chi connectivity index (χ1n) is 23.2. The van der Waals surface area contributed by atoms with Crippen LogP contribution in [0.25, 0.3) is 71.2 Å². The highest BCUT2D eigenvalue weighted by Crippen LogP contribution is 2.56. The zero-order valence-electron chi connectivity index (χ0n) is 37.1. The van der Waals surface area contributed by atoms with Crippen LogP contribution in [-0.2, 0) is 0 Å². The van der Waals surface area contributed by atoms with E-state index in [4.69, 9.17) is 4.74 Å². The van der Waals surface area contributed by atoms with Gasteiger partial charge in [0.2, 0.25) is 0 Å². The van der Waals surface area contributed by atoms with Crippen molar-refractivity contribution in [1.82, 2.24) is 4.57 Å². The summed E-state index contributed by atoms with van der Waals surface area (Å²) in [7, 11) is 0. The smallest absolute Gasteiger partial charge is 0.178 e. The maximum Gasteiger partial charge on any atom is 0.178 e. The summed E-state index contributed by atoms with van der Waals surface area (Å²) < 4.78 is 9.27. The Hall–Kier alpha value is -8.60. The number of benzene rings is 10. The van der Waals surface area contributed by atoms with Gasteiger partial charge < -0.3 is 9.64 Å². The lowest BCUT2D eigenvalue weighted by Gasteiger charge is -2.33. The Morgan fingerprint density at radius 3 is 1.67 bits per heavy atom. The van der Waals surface area contributed by atoms with Crippen molar-refractivity contribution in [3.05, 3.63) is 237 Å². The van der Waals surface area contributed by atoms with E-state index in [9.17, 15) is 0 Å². The number of allylic oxidation sites excluding steroid dienone is 4. The Bertz CT molecular complexity index is 3680. The molecule has 2 heterocycles. The molecule has 13 rings (SSSR count). The predicted octanol–water partition coefficient (Wildman–Crippen LogP) is 17.9. The predicted molar refractivity (Wildman–Crippen MR) is 282 cm³/mol. The molecule has 1 aromatic heterocycles. The quantitative estimate of drug-likeness (QED) is 0.149. The number of para-hydroxylation sites is 3. The van der Waals surface area contributed by atoms with Crippen LogP contribution in [0.15, 0.2) is 237 Å². The van der Waals surface area contributed by atoms with Crippen molar-refractivity contribution < 1.29 is 4.74 Å². The zero-order chi connectivity index (χ0) is 44.4. The lowest BCUT2D eigenvalue weighted by Crippen LogP contribution is -2.19. The average molecular weight is 860 g/mol. The van der Waals surface area contributed by atoms with Crippen molar-refractivity contribution in [1.29, 1.82) is 0 Å². The number of aromatic nitrogens is 1. The molecule has 0 saturated heterocycles. The maximum atomic E-state index is 6.88. The van der Waals surface area contributed by atoms with Crippen LogP contribution in [0, 0.1) is 5.92 Å². The standard InChI is InChI=1S/C63H45N3O/c1-42-17-16-22-49(37-42)66-59-28-13-12-27-57(59)62-63(66)65(60-29-14-15-30-61(60)67-62)48-33-31-47(32-34-48)64(51-39-45(43-18-4-2-5-19-43)38-46(40-51)44-20-6-3-7-21-44)50-35-36-56-54-25-9-8-23-52(54)53-24-10-11-26-55(53)58(56)41-50/h2-16,18-42H,17H2,1H3. The fraction of sp³-hybridized carbons (Fsp3) is 0.0476. The van der Waals surface area contributed by atoms with Crippen molar-refractivity contribution in [3.63, 3.8) is 0 Å². The second-order valence-corrected chi connectivity index (χ2v) is 17.8. The highest BCUT2D eigenvalue weighted by molar-refractivity contribution is 6.25. The van der Waals surface area contributed by atoms with Gasteiger partial charge in [-0.2, -0.15) is 0 Å². The SMILES string of the molecule is CC1C=C(n2c3c(c4ccccc42)Oc2ccccc2N3c2ccc(N(c3cc(-c4ccccc4)cc(-c4ccccc4)c3)c3ccc4c5ccccc5c5ccccc5c4c3)cc2)C=CC1. The van der Waals surface area contributed by atoms with E-state index in [0.717, 1.165) is 79.9 Å². The molecule has 1 aliphatic carbocycles. The number of ether oxygens (including phenoxy) is 1. The third-order valence-corrected chi connectivity index (χ3v) is 13.6. The van der Waals surface area contributed by atoms with E-state index >= 15 is 0 Å². The second kappa shape index (κ2) is 15.8. The second-order valence-electron chi connectivity index (χ2n) is 17.8. The Labute approximate surface area is 390 Å². The average Bonchev–Trinajstić information content (AvgIpc) is 3.72. The molecule has 0 fully saturated rings. The molecule has 2 aliphatic rings. The Kier molecular flexibility index (Phi) is 9.17. The molecule has 67 heavy (non-hydrogen) atoms. The van der Waals surface area contributed by atoms with E-state index in [1.807, 2.05) is 0 Å².